The second-order valence-corrected chi connectivity index (χ2v) is 6.08. The molecule has 0 saturated heterocycles. The van der Waals surface area contributed by atoms with Gasteiger partial charge >= 0.3 is 0 Å². The van der Waals surface area contributed by atoms with Crippen molar-refractivity contribution in [2.45, 2.75) is 12.1 Å². The summed E-state index contributed by atoms with van der Waals surface area (Å²) >= 11 is 1.21. The van der Waals surface area contributed by atoms with Gasteiger partial charge < -0.3 is 15.0 Å². The van der Waals surface area contributed by atoms with E-state index in [-0.39, 0.29) is 17.3 Å². The summed E-state index contributed by atoms with van der Waals surface area (Å²) < 4.78 is 31.4. The van der Waals surface area contributed by atoms with Crippen LogP contribution in [-0.4, -0.2) is 28.2 Å². The number of aromatic nitrogens is 2. The Morgan fingerprint density at radius 3 is 2.84 bits per heavy atom. The van der Waals surface area contributed by atoms with Gasteiger partial charge in [0.15, 0.2) is 16.8 Å². The minimum atomic E-state index is -1.01. The lowest BCUT2D eigenvalue weighted by molar-refractivity contribution is -0.113. The van der Waals surface area contributed by atoms with Crippen molar-refractivity contribution < 1.29 is 18.3 Å². The van der Waals surface area contributed by atoms with E-state index < -0.39 is 11.6 Å². The number of carbonyl (C=O) groups is 1. The number of hydrogen-bond donors (Lipinski definition) is 2. The number of aromatic amines is 1. The van der Waals surface area contributed by atoms with E-state index in [1.54, 1.807) is 0 Å². The van der Waals surface area contributed by atoms with E-state index in [2.05, 4.69) is 15.3 Å². The zero-order chi connectivity index (χ0) is 17.8. The number of ether oxygens (including phenoxy) is 1. The highest BCUT2D eigenvalue weighted by Gasteiger charge is 2.10. The molecule has 1 aromatic heterocycles. The van der Waals surface area contributed by atoms with Crippen LogP contribution in [-0.2, 0) is 4.79 Å². The van der Waals surface area contributed by atoms with Crippen molar-refractivity contribution in [2.75, 3.05) is 17.7 Å². The third kappa shape index (κ3) is 4.27. The molecule has 3 aromatic rings. The first kappa shape index (κ1) is 17.2. The van der Waals surface area contributed by atoms with Crippen molar-refractivity contribution >= 4 is 34.4 Å². The van der Waals surface area contributed by atoms with Crippen LogP contribution in [0.15, 0.2) is 41.6 Å². The number of hydrogen-bond acceptors (Lipinski definition) is 4. The maximum atomic E-state index is 13.1. The van der Waals surface area contributed by atoms with Gasteiger partial charge in [0.2, 0.25) is 5.91 Å². The quantitative estimate of drug-likeness (QED) is 0.651. The topological polar surface area (TPSA) is 67.0 Å². The molecule has 0 aliphatic heterocycles. The lowest BCUT2D eigenvalue weighted by Crippen LogP contribution is -2.14. The molecule has 5 nitrogen and oxygen atoms in total. The second-order valence-electron chi connectivity index (χ2n) is 5.12. The van der Waals surface area contributed by atoms with Gasteiger partial charge in [-0.1, -0.05) is 11.8 Å². The van der Waals surface area contributed by atoms with E-state index >= 15 is 0 Å². The molecule has 0 aliphatic carbocycles. The number of imidazole rings is 1. The third-order valence-electron chi connectivity index (χ3n) is 3.29. The molecule has 0 fully saturated rings. The molecule has 0 spiro atoms. The predicted molar refractivity (Wildman–Crippen MR) is 93.0 cm³/mol. The Kier molecular flexibility index (Phi) is 5.18. The molecule has 8 heteroatoms. The molecule has 1 heterocycles. The molecule has 1 amide bonds. The molecular formula is C17H15F2N3O2S. The Bertz CT molecular complexity index is 914. The average molecular weight is 363 g/mol. The van der Waals surface area contributed by atoms with Crippen LogP contribution < -0.4 is 10.1 Å². The summed E-state index contributed by atoms with van der Waals surface area (Å²) in [6, 6.07) is 8.72. The molecule has 0 unspecified atom stereocenters. The number of nitrogens with one attached hydrogen (secondary N) is 2. The first-order valence-corrected chi connectivity index (χ1v) is 8.54. The average Bonchev–Trinajstić information content (AvgIpc) is 2.99. The Labute approximate surface area is 146 Å². The predicted octanol–water partition coefficient (Wildman–Crippen LogP) is 3.97. The fraction of sp³-hybridized carbons (Fsp3) is 0.176. The van der Waals surface area contributed by atoms with E-state index in [1.165, 1.54) is 17.8 Å². The fourth-order valence-corrected chi connectivity index (χ4v) is 2.88. The summed E-state index contributed by atoms with van der Waals surface area (Å²) in [6.07, 6.45) is 0. The number of H-pyrrole nitrogens is 1. The molecule has 25 heavy (non-hydrogen) atoms. The van der Waals surface area contributed by atoms with Crippen LogP contribution in [0.4, 0.5) is 14.5 Å². The van der Waals surface area contributed by atoms with E-state index in [9.17, 15) is 13.6 Å². The van der Waals surface area contributed by atoms with Crippen LogP contribution in [0, 0.1) is 11.6 Å². The maximum absolute atomic E-state index is 13.1. The van der Waals surface area contributed by atoms with Gasteiger partial charge in [0, 0.05) is 17.8 Å². The molecule has 0 atom stereocenters. The van der Waals surface area contributed by atoms with Crippen LogP contribution in [0.5, 0.6) is 5.75 Å². The molecule has 2 N–H and O–H groups in total. The van der Waals surface area contributed by atoms with Crippen molar-refractivity contribution in [3.05, 3.63) is 48.0 Å². The van der Waals surface area contributed by atoms with Crippen molar-refractivity contribution in [1.29, 1.82) is 0 Å². The third-order valence-corrected chi connectivity index (χ3v) is 4.16. The first-order valence-electron chi connectivity index (χ1n) is 7.55. The van der Waals surface area contributed by atoms with Gasteiger partial charge in [0.05, 0.1) is 23.4 Å². The largest absolute Gasteiger partial charge is 0.494 e. The first-order chi connectivity index (χ1) is 12.0. The van der Waals surface area contributed by atoms with Gasteiger partial charge in [0.1, 0.15) is 5.75 Å². The van der Waals surface area contributed by atoms with E-state index in [4.69, 9.17) is 4.74 Å². The highest BCUT2D eigenvalue weighted by Crippen LogP contribution is 2.23. The van der Waals surface area contributed by atoms with Gasteiger partial charge in [-0.2, -0.15) is 0 Å². The molecule has 2 aromatic carbocycles. The number of rotatable bonds is 6. The molecule has 3 rings (SSSR count). The molecule has 0 bridgehead atoms. The summed E-state index contributed by atoms with van der Waals surface area (Å²) in [5.74, 6) is -1.48. The normalized spacial score (nSPS) is 10.8. The highest BCUT2D eigenvalue weighted by molar-refractivity contribution is 7.99. The number of anilines is 1. The number of benzene rings is 2. The van der Waals surface area contributed by atoms with Crippen molar-refractivity contribution in [2.24, 2.45) is 0 Å². The number of halogens is 2. The van der Waals surface area contributed by atoms with Crippen molar-refractivity contribution in [3.8, 4) is 5.75 Å². The van der Waals surface area contributed by atoms with Gasteiger partial charge in [-0.15, -0.1) is 0 Å². The number of carbonyl (C=O) groups excluding carboxylic acids is 1. The summed E-state index contributed by atoms with van der Waals surface area (Å²) in [4.78, 5) is 19.4. The number of thioether (sulfide) groups is 1. The lowest BCUT2D eigenvalue weighted by atomic mass is 10.3. The second kappa shape index (κ2) is 7.52. The Morgan fingerprint density at radius 1 is 1.24 bits per heavy atom. The zero-order valence-electron chi connectivity index (χ0n) is 13.3. The number of nitrogens with zero attached hydrogens (tertiary/aromatic N) is 1. The van der Waals surface area contributed by atoms with Crippen molar-refractivity contribution in [1.82, 2.24) is 9.97 Å². The van der Waals surface area contributed by atoms with E-state index in [1.807, 2.05) is 25.1 Å². The smallest absolute Gasteiger partial charge is 0.234 e. The van der Waals surface area contributed by atoms with E-state index in [0.29, 0.717) is 11.8 Å². The van der Waals surface area contributed by atoms with E-state index in [0.717, 1.165) is 28.9 Å². The summed E-state index contributed by atoms with van der Waals surface area (Å²) in [7, 11) is 0. The summed E-state index contributed by atoms with van der Waals surface area (Å²) in [5, 5.41) is 3.10. The molecule has 0 saturated carbocycles. The molecule has 130 valence electrons. The molecule has 0 radical (unpaired) electrons. The minimum absolute atomic E-state index is 0.0805. The van der Waals surface area contributed by atoms with Crippen molar-refractivity contribution in [3.63, 3.8) is 0 Å². The number of amides is 1. The monoisotopic (exact) mass is 363 g/mol. The Hall–Kier alpha value is -2.61. The standard InChI is InChI=1S/C17H15F2N3O2S/c1-2-24-11-4-6-14-15(8-11)22-17(21-14)25-9-16(23)20-10-3-5-12(18)13(19)7-10/h3-8H,2,9H2,1H3,(H,20,23)(H,21,22). The van der Waals surface area contributed by atoms with Crippen LogP contribution in [0.2, 0.25) is 0 Å². The maximum Gasteiger partial charge on any atom is 0.234 e. The number of fused-ring (bicyclic) bond motifs is 1. The van der Waals surface area contributed by atoms with Gasteiger partial charge in [0.25, 0.3) is 0 Å². The highest BCUT2D eigenvalue weighted by atomic mass is 32.2. The lowest BCUT2D eigenvalue weighted by Gasteiger charge is -2.04. The van der Waals surface area contributed by atoms with Gasteiger partial charge in [-0.25, -0.2) is 13.8 Å². The minimum Gasteiger partial charge on any atom is -0.494 e. The summed E-state index contributed by atoms with van der Waals surface area (Å²) in [5.41, 5.74) is 1.79. The SMILES string of the molecule is CCOc1ccc2nc(SCC(=O)Nc3ccc(F)c(F)c3)[nH]c2c1. The van der Waals surface area contributed by atoms with Crippen LogP contribution in [0.1, 0.15) is 6.92 Å². The van der Waals surface area contributed by atoms with Crippen LogP contribution in [0.25, 0.3) is 11.0 Å². The van der Waals surface area contributed by atoms with Gasteiger partial charge in [-0.05, 0) is 31.2 Å². The zero-order valence-corrected chi connectivity index (χ0v) is 14.1. The fourth-order valence-electron chi connectivity index (χ4n) is 2.19. The summed E-state index contributed by atoms with van der Waals surface area (Å²) in [6.45, 7) is 2.48. The Morgan fingerprint density at radius 2 is 2.08 bits per heavy atom. The van der Waals surface area contributed by atoms with Gasteiger partial charge in [-0.3, -0.25) is 4.79 Å². The van der Waals surface area contributed by atoms with Crippen LogP contribution >= 0.6 is 11.8 Å². The molecular weight excluding hydrogens is 348 g/mol. The molecule has 0 aliphatic rings. The Balaban J connectivity index is 1.61. The van der Waals surface area contributed by atoms with Crippen LogP contribution in [0.3, 0.4) is 0 Å².